The van der Waals surface area contributed by atoms with Crippen LogP contribution in [0.4, 0.5) is 10.5 Å². The van der Waals surface area contributed by atoms with Crippen LogP contribution in [0.2, 0.25) is 0 Å². The molecule has 7 nitrogen and oxygen atoms in total. The number of piperidine rings is 1. The van der Waals surface area contributed by atoms with Gasteiger partial charge in [-0.05, 0) is 18.1 Å². The number of anilines is 1. The van der Waals surface area contributed by atoms with Crippen molar-refractivity contribution in [1.82, 2.24) is 9.80 Å². The van der Waals surface area contributed by atoms with Crippen LogP contribution in [0.3, 0.4) is 0 Å². The van der Waals surface area contributed by atoms with Crippen LogP contribution in [0.5, 0.6) is 0 Å². The zero-order chi connectivity index (χ0) is 18.3. The first-order valence-corrected chi connectivity index (χ1v) is 9.08. The molecule has 26 heavy (non-hydrogen) atoms. The molecule has 2 fully saturated rings. The van der Waals surface area contributed by atoms with E-state index in [1.54, 1.807) is 21.7 Å². The second-order valence-corrected chi connectivity index (χ2v) is 7.40. The molecule has 1 spiro atoms. The first kappa shape index (κ1) is 16.9. The molecule has 3 aliphatic rings. The number of fused-ring (bicyclic) bond motifs is 1. The van der Waals surface area contributed by atoms with Gasteiger partial charge in [-0.3, -0.25) is 9.59 Å². The minimum atomic E-state index is -0.462. The second-order valence-electron chi connectivity index (χ2n) is 7.40. The van der Waals surface area contributed by atoms with Gasteiger partial charge in [0.25, 0.3) is 0 Å². The summed E-state index contributed by atoms with van der Waals surface area (Å²) in [6.07, 6.45) is 2.15. The number of para-hydroxylation sites is 1. The largest absolute Gasteiger partial charge is 0.441 e. The minimum Gasteiger partial charge on any atom is -0.441 e. The smallest absolute Gasteiger partial charge is 0.410 e. The molecular formula is C19H23N3O4. The van der Waals surface area contributed by atoms with Gasteiger partial charge in [0.15, 0.2) is 0 Å². The van der Waals surface area contributed by atoms with E-state index in [0.717, 1.165) is 17.7 Å². The fourth-order valence-corrected chi connectivity index (χ4v) is 4.12. The van der Waals surface area contributed by atoms with E-state index < -0.39 is 5.60 Å². The lowest BCUT2D eigenvalue weighted by molar-refractivity contribution is -0.134. The molecule has 2 saturated heterocycles. The monoisotopic (exact) mass is 357 g/mol. The minimum absolute atomic E-state index is 0.00289. The van der Waals surface area contributed by atoms with Crippen LogP contribution >= 0.6 is 0 Å². The molecule has 138 valence electrons. The standard InChI is InChI=1S/C19H23N3O4/c1-20-13-19(26-18(20)25)8-10-21(11-9-19)17(24)12-22-15-5-3-2-4-14(15)6-7-16(22)23/h2-5H,6-13H2,1H3. The summed E-state index contributed by atoms with van der Waals surface area (Å²) in [6, 6.07) is 7.76. The van der Waals surface area contributed by atoms with E-state index in [2.05, 4.69) is 0 Å². The van der Waals surface area contributed by atoms with Gasteiger partial charge < -0.3 is 19.4 Å². The number of hydrogen-bond donors (Lipinski definition) is 0. The van der Waals surface area contributed by atoms with Gasteiger partial charge in [-0.2, -0.15) is 0 Å². The number of likely N-dealkylation sites (tertiary alicyclic amines) is 1. The highest BCUT2D eigenvalue weighted by Crippen LogP contribution is 2.33. The fourth-order valence-electron chi connectivity index (χ4n) is 4.12. The van der Waals surface area contributed by atoms with Crippen LogP contribution in [0.1, 0.15) is 24.8 Å². The summed E-state index contributed by atoms with van der Waals surface area (Å²) in [6.45, 7) is 1.74. The van der Waals surface area contributed by atoms with Crippen LogP contribution < -0.4 is 4.90 Å². The molecular weight excluding hydrogens is 334 g/mol. The van der Waals surface area contributed by atoms with E-state index in [4.69, 9.17) is 4.74 Å². The number of ether oxygens (including phenoxy) is 1. The van der Waals surface area contributed by atoms with E-state index in [9.17, 15) is 14.4 Å². The molecule has 0 aliphatic carbocycles. The zero-order valence-corrected chi connectivity index (χ0v) is 14.9. The van der Waals surface area contributed by atoms with Crippen molar-refractivity contribution in [3.8, 4) is 0 Å². The highest BCUT2D eigenvalue weighted by molar-refractivity contribution is 6.01. The van der Waals surface area contributed by atoms with Gasteiger partial charge in [0.05, 0.1) is 6.54 Å². The quantitative estimate of drug-likeness (QED) is 0.802. The van der Waals surface area contributed by atoms with Crippen LogP contribution in [0.25, 0.3) is 0 Å². The molecule has 0 bridgehead atoms. The Bertz CT molecular complexity index is 755. The third-order valence-corrected chi connectivity index (χ3v) is 5.65. The predicted octanol–water partition coefficient (Wildman–Crippen LogP) is 1.41. The Balaban J connectivity index is 1.41. The molecule has 0 N–H and O–H groups in total. The first-order chi connectivity index (χ1) is 12.5. The maximum Gasteiger partial charge on any atom is 0.410 e. The first-order valence-electron chi connectivity index (χ1n) is 9.08. The summed E-state index contributed by atoms with van der Waals surface area (Å²) in [5.41, 5.74) is 1.49. The number of carbonyl (C=O) groups is 3. The Morgan fingerprint density at radius 1 is 1.15 bits per heavy atom. The molecule has 0 atom stereocenters. The Labute approximate surface area is 152 Å². The number of aryl methyl sites for hydroxylation is 1. The maximum absolute atomic E-state index is 12.8. The topological polar surface area (TPSA) is 70.2 Å². The summed E-state index contributed by atoms with van der Waals surface area (Å²) in [5.74, 6) is -0.0561. The van der Waals surface area contributed by atoms with Gasteiger partial charge >= 0.3 is 6.09 Å². The Morgan fingerprint density at radius 2 is 1.88 bits per heavy atom. The number of rotatable bonds is 2. The molecule has 0 radical (unpaired) electrons. The third kappa shape index (κ3) is 2.91. The number of likely N-dealkylation sites (N-methyl/N-ethyl adjacent to an activating group) is 1. The van der Waals surface area contributed by atoms with Crippen molar-refractivity contribution in [3.05, 3.63) is 29.8 Å². The second kappa shape index (κ2) is 6.30. The predicted molar refractivity (Wildman–Crippen MR) is 94.8 cm³/mol. The SMILES string of the molecule is CN1CC2(CCN(C(=O)CN3C(=O)CCc4ccccc43)CC2)OC1=O. The highest BCUT2D eigenvalue weighted by atomic mass is 16.6. The Morgan fingerprint density at radius 3 is 2.58 bits per heavy atom. The van der Waals surface area contributed by atoms with Crippen molar-refractivity contribution in [3.63, 3.8) is 0 Å². The lowest BCUT2D eigenvalue weighted by Crippen LogP contribution is -2.51. The number of hydrogen-bond acceptors (Lipinski definition) is 4. The van der Waals surface area contributed by atoms with Crippen LogP contribution in [-0.4, -0.2) is 66.5 Å². The van der Waals surface area contributed by atoms with E-state index in [0.29, 0.717) is 38.9 Å². The molecule has 7 heteroatoms. The van der Waals surface area contributed by atoms with Gasteiger partial charge in [0.2, 0.25) is 11.8 Å². The molecule has 3 amide bonds. The molecule has 0 saturated carbocycles. The summed E-state index contributed by atoms with van der Waals surface area (Å²) in [4.78, 5) is 41.7. The summed E-state index contributed by atoms with van der Waals surface area (Å²) in [7, 11) is 1.73. The molecule has 3 aliphatic heterocycles. The van der Waals surface area contributed by atoms with Crippen molar-refractivity contribution in [2.45, 2.75) is 31.3 Å². The average molecular weight is 357 g/mol. The van der Waals surface area contributed by atoms with Gasteiger partial charge in [-0.25, -0.2) is 4.79 Å². The molecule has 0 unspecified atom stereocenters. The van der Waals surface area contributed by atoms with Gasteiger partial charge in [0, 0.05) is 45.1 Å². The van der Waals surface area contributed by atoms with Crippen molar-refractivity contribution >= 4 is 23.6 Å². The molecule has 1 aromatic carbocycles. The van der Waals surface area contributed by atoms with Crippen molar-refractivity contribution in [2.24, 2.45) is 0 Å². The Kier molecular flexibility index (Phi) is 4.09. The van der Waals surface area contributed by atoms with Crippen molar-refractivity contribution < 1.29 is 19.1 Å². The fraction of sp³-hybridized carbons (Fsp3) is 0.526. The number of nitrogens with zero attached hydrogens (tertiary/aromatic N) is 3. The summed E-state index contributed by atoms with van der Waals surface area (Å²) >= 11 is 0. The molecule has 4 rings (SSSR count). The van der Waals surface area contributed by atoms with Crippen molar-refractivity contribution in [1.29, 1.82) is 0 Å². The molecule has 3 heterocycles. The van der Waals surface area contributed by atoms with Crippen LogP contribution in [0, 0.1) is 0 Å². The normalized spacial score (nSPS) is 21.8. The lowest BCUT2D eigenvalue weighted by Gasteiger charge is -2.38. The summed E-state index contributed by atoms with van der Waals surface area (Å²) < 4.78 is 5.53. The van der Waals surface area contributed by atoms with E-state index in [1.807, 2.05) is 24.3 Å². The summed E-state index contributed by atoms with van der Waals surface area (Å²) in [5, 5.41) is 0. The van der Waals surface area contributed by atoms with Gasteiger partial charge in [0.1, 0.15) is 12.1 Å². The van der Waals surface area contributed by atoms with Crippen LogP contribution in [0.15, 0.2) is 24.3 Å². The maximum atomic E-state index is 12.8. The third-order valence-electron chi connectivity index (χ3n) is 5.65. The van der Waals surface area contributed by atoms with Gasteiger partial charge in [-0.1, -0.05) is 18.2 Å². The number of amides is 3. The highest BCUT2D eigenvalue weighted by Gasteiger charge is 2.46. The molecule has 1 aromatic rings. The molecule has 0 aromatic heterocycles. The Hall–Kier alpha value is -2.57. The number of benzene rings is 1. The van der Waals surface area contributed by atoms with Gasteiger partial charge in [-0.15, -0.1) is 0 Å². The van der Waals surface area contributed by atoms with Crippen molar-refractivity contribution in [2.75, 3.05) is 38.1 Å². The number of carbonyl (C=O) groups excluding carboxylic acids is 3. The van der Waals surface area contributed by atoms with E-state index >= 15 is 0 Å². The zero-order valence-electron chi connectivity index (χ0n) is 14.9. The van der Waals surface area contributed by atoms with E-state index in [-0.39, 0.29) is 24.5 Å². The van der Waals surface area contributed by atoms with Crippen LogP contribution in [-0.2, 0) is 20.7 Å². The van der Waals surface area contributed by atoms with E-state index in [1.165, 1.54) is 0 Å². The average Bonchev–Trinajstić information content (AvgIpc) is 2.91. The lowest BCUT2D eigenvalue weighted by atomic mass is 9.91.